The van der Waals surface area contributed by atoms with Crippen LogP contribution in [-0.2, 0) is 0 Å². The zero-order valence-electron chi connectivity index (χ0n) is 9.63. The van der Waals surface area contributed by atoms with Gasteiger partial charge in [0.2, 0.25) is 3.79 Å². The number of aromatic nitrogens is 2. The van der Waals surface area contributed by atoms with Crippen LogP contribution in [0, 0.1) is 0 Å². The van der Waals surface area contributed by atoms with E-state index in [2.05, 4.69) is 10.3 Å². The number of nitrogens with one attached hydrogen (secondary N) is 1. The minimum Gasteiger partial charge on any atom is -0.328 e. The number of halogens is 3. The smallest absolute Gasteiger partial charge is 0.253 e. The van der Waals surface area contributed by atoms with E-state index in [0.717, 1.165) is 0 Å². The van der Waals surface area contributed by atoms with Gasteiger partial charge in [0.25, 0.3) is 5.91 Å². The largest absolute Gasteiger partial charge is 0.328 e. The first-order valence-corrected chi connectivity index (χ1v) is 6.52. The maximum absolute atomic E-state index is 12.1. The van der Waals surface area contributed by atoms with Gasteiger partial charge < -0.3 is 9.88 Å². The predicted octanol–water partition coefficient (Wildman–Crippen LogP) is 3.18. The lowest BCUT2D eigenvalue weighted by Crippen LogP contribution is -2.39. The van der Waals surface area contributed by atoms with Gasteiger partial charge in [-0.25, -0.2) is 4.98 Å². The molecule has 0 fully saturated rings. The molecule has 1 aromatic heterocycles. The lowest BCUT2D eigenvalue weighted by molar-refractivity contribution is 0.0920. The summed E-state index contributed by atoms with van der Waals surface area (Å²) < 4.78 is -0.168. The van der Waals surface area contributed by atoms with Crippen molar-refractivity contribution in [3.05, 3.63) is 54.6 Å². The van der Waals surface area contributed by atoms with Crippen molar-refractivity contribution >= 4 is 40.7 Å². The summed E-state index contributed by atoms with van der Waals surface area (Å²) in [5.41, 5.74) is 0.488. The molecule has 0 unspecified atom stereocenters. The monoisotopic (exact) mass is 317 g/mol. The Kier molecular flexibility index (Phi) is 4.34. The van der Waals surface area contributed by atoms with Gasteiger partial charge in [-0.05, 0) is 12.1 Å². The second-order valence-electron chi connectivity index (χ2n) is 3.79. The fourth-order valence-electron chi connectivity index (χ4n) is 1.54. The quantitative estimate of drug-likeness (QED) is 0.884. The third kappa shape index (κ3) is 3.62. The molecule has 0 aliphatic carbocycles. The Morgan fingerprint density at radius 1 is 1.26 bits per heavy atom. The molecule has 1 amide bonds. The second kappa shape index (κ2) is 5.82. The van der Waals surface area contributed by atoms with Gasteiger partial charge in [0.1, 0.15) is 0 Å². The molecule has 2 aromatic rings. The van der Waals surface area contributed by atoms with Crippen molar-refractivity contribution in [1.82, 2.24) is 14.9 Å². The summed E-state index contributed by atoms with van der Waals surface area (Å²) >= 11 is 17.7. The average Bonchev–Trinajstić information content (AvgIpc) is 2.88. The van der Waals surface area contributed by atoms with Gasteiger partial charge in [-0.15, -0.1) is 0 Å². The number of hydrogen-bond acceptors (Lipinski definition) is 2. The van der Waals surface area contributed by atoms with E-state index >= 15 is 0 Å². The Morgan fingerprint density at radius 3 is 2.47 bits per heavy atom. The molecule has 0 saturated heterocycles. The normalized spacial score (nSPS) is 13.0. The molecule has 1 N–H and O–H groups in total. The van der Waals surface area contributed by atoms with E-state index in [9.17, 15) is 4.79 Å². The summed E-state index contributed by atoms with van der Waals surface area (Å²) in [6.45, 7) is 0. The molecule has 0 radical (unpaired) electrons. The van der Waals surface area contributed by atoms with E-state index < -0.39 is 9.96 Å². The van der Waals surface area contributed by atoms with Crippen molar-refractivity contribution in [1.29, 1.82) is 0 Å². The zero-order chi connectivity index (χ0) is 13.9. The molecule has 0 aliphatic heterocycles. The van der Waals surface area contributed by atoms with Gasteiger partial charge in [0.05, 0.1) is 6.33 Å². The maximum atomic E-state index is 12.1. The fourth-order valence-corrected chi connectivity index (χ4v) is 2.05. The van der Waals surface area contributed by atoms with E-state index in [1.807, 2.05) is 6.07 Å². The highest BCUT2D eigenvalue weighted by atomic mass is 35.6. The molecule has 1 atom stereocenters. The topological polar surface area (TPSA) is 46.9 Å². The van der Waals surface area contributed by atoms with E-state index in [1.54, 1.807) is 30.5 Å². The number of alkyl halides is 3. The zero-order valence-corrected chi connectivity index (χ0v) is 11.9. The van der Waals surface area contributed by atoms with Crippen LogP contribution in [-0.4, -0.2) is 19.3 Å². The summed E-state index contributed by atoms with van der Waals surface area (Å²) in [5, 5.41) is 2.66. The summed E-state index contributed by atoms with van der Waals surface area (Å²) in [4.78, 5) is 15.9. The number of benzene rings is 1. The van der Waals surface area contributed by atoms with Crippen molar-refractivity contribution in [3.8, 4) is 0 Å². The molecular formula is C12H10Cl3N3O. The van der Waals surface area contributed by atoms with Gasteiger partial charge >= 0.3 is 0 Å². The molecule has 7 heteroatoms. The van der Waals surface area contributed by atoms with Crippen molar-refractivity contribution in [2.45, 2.75) is 9.96 Å². The Labute approximate surface area is 125 Å². The Morgan fingerprint density at radius 2 is 1.95 bits per heavy atom. The van der Waals surface area contributed by atoms with Crippen LogP contribution in [0.5, 0.6) is 0 Å². The Hall–Kier alpha value is -1.23. The van der Waals surface area contributed by atoms with Gasteiger partial charge in [0.15, 0.2) is 6.17 Å². The highest BCUT2D eigenvalue weighted by Crippen LogP contribution is 2.36. The third-order valence-corrected chi connectivity index (χ3v) is 3.06. The number of hydrogen-bond donors (Lipinski definition) is 1. The highest BCUT2D eigenvalue weighted by molar-refractivity contribution is 6.67. The van der Waals surface area contributed by atoms with Gasteiger partial charge in [0, 0.05) is 18.0 Å². The first kappa shape index (κ1) is 14.2. The summed E-state index contributed by atoms with van der Waals surface area (Å²) in [5.74, 6) is -0.328. The summed E-state index contributed by atoms with van der Waals surface area (Å²) in [6.07, 6.45) is 3.78. The van der Waals surface area contributed by atoms with Crippen molar-refractivity contribution in [2.75, 3.05) is 0 Å². The van der Waals surface area contributed by atoms with Gasteiger partial charge in [-0.3, -0.25) is 4.79 Å². The summed E-state index contributed by atoms with van der Waals surface area (Å²) in [7, 11) is 0. The van der Waals surface area contributed by atoms with Crippen LogP contribution in [0.4, 0.5) is 0 Å². The van der Waals surface area contributed by atoms with Crippen LogP contribution in [0.1, 0.15) is 16.5 Å². The minimum absolute atomic E-state index is 0.328. The molecule has 1 heterocycles. The Balaban J connectivity index is 2.21. The molecule has 1 aromatic carbocycles. The Bertz CT molecular complexity index is 537. The molecule has 0 bridgehead atoms. The molecule has 0 spiro atoms. The van der Waals surface area contributed by atoms with Crippen LogP contribution in [0.25, 0.3) is 0 Å². The molecule has 0 saturated carbocycles. The average molecular weight is 319 g/mol. The summed E-state index contributed by atoms with van der Waals surface area (Å²) in [6, 6.07) is 8.70. The van der Waals surface area contributed by atoms with Crippen LogP contribution in [0.2, 0.25) is 0 Å². The maximum Gasteiger partial charge on any atom is 0.253 e. The lowest BCUT2D eigenvalue weighted by Gasteiger charge is -2.26. The molecule has 2 rings (SSSR count). The number of rotatable bonds is 3. The minimum atomic E-state index is -1.69. The van der Waals surface area contributed by atoms with Crippen LogP contribution < -0.4 is 5.32 Å². The first-order valence-electron chi connectivity index (χ1n) is 5.38. The molecule has 100 valence electrons. The SMILES string of the molecule is O=C(N[C@H](n1ccnc1)C(Cl)(Cl)Cl)c1ccccc1. The van der Waals surface area contributed by atoms with Crippen molar-refractivity contribution < 1.29 is 4.79 Å². The van der Waals surface area contributed by atoms with Crippen molar-refractivity contribution in [3.63, 3.8) is 0 Å². The van der Waals surface area contributed by atoms with E-state index in [4.69, 9.17) is 34.8 Å². The first-order chi connectivity index (χ1) is 8.98. The molecule has 4 nitrogen and oxygen atoms in total. The standard InChI is InChI=1S/C12H10Cl3N3O/c13-12(14,15)11(18-7-6-16-8-18)17-10(19)9-4-2-1-3-5-9/h1-8,11H,(H,17,19)/t11-/m1/s1. The molecular weight excluding hydrogens is 309 g/mol. The highest BCUT2D eigenvalue weighted by Gasteiger charge is 2.35. The molecule has 0 aliphatic rings. The van der Waals surface area contributed by atoms with E-state index in [1.165, 1.54) is 17.1 Å². The predicted molar refractivity (Wildman–Crippen MR) is 75.5 cm³/mol. The number of nitrogens with zero attached hydrogens (tertiary/aromatic N) is 2. The number of carbonyl (C=O) groups is 1. The van der Waals surface area contributed by atoms with Crippen LogP contribution in [0.3, 0.4) is 0 Å². The van der Waals surface area contributed by atoms with Gasteiger partial charge in [-0.2, -0.15) is 0 Å². The van der Waals surface area contributed by atoms with Gasteiger partial charge in [-0.1, -0.05) is 53.0 Å². The second-order valence-corrected chi connectivity index (χ2v) is 6.16. The lowest BCUT2D eigenvalue weighted by atomic mass is 10.2. The number of carbonyl (C=O) groups excluding carboxylic acids is 1. The van der Waals surface area contributed by atoms with Crippen LogP contribution >= 0.6 is 34.8 Å². The third-order valence-electron chi connectivity index (χ3n) is 2.44. The number of amides is 1. The van der Waals surface area contributed by atoms with Crippen LogP contribution in [0.15, 0.2) is 49.1 Å². The number of imidazole rings is 1. The fraction of sp³-hybridized carbons (Fsp3) is 0.167. The van der Waals surface area contributed by atoms with E-state index in [-0.39, 0.29) is 5.91 Å². The molecule has 19 heavy (non-hydrogen) atoms. The van der Waals surface area contributed by atoms with Crippen molar-refractivity contribution in [2.24, 2.45) is 0 Å². The van der Waals surface area contributed by atoms with E-state index in [0.29, 0.717) is 5.56 Å².